The SMILES string of the molecule is c1ccc(-c2nc(-c3ccc(-c4ccncc4)cc3)nc(-c3ccc(-c4ccc5c(c4)C(c4ccccc4)(c4ccccc4)c4ccccc4-5)c(-c4ccccc4)c3)n2)cc1. The van der Waals surface area contributed by atoms with Crippen molar-refractivity contribution in [2.45, 2.75) is 5.41 Å². The maximum Gasteiger partial charge on any atom is 0.164 e. The zero-order valence-electron chi connectivity index (χ0n) is 33.2. The van der Waals surface area contributed by atoms with Gasteiger partial charge in [0, 0.05) is 29.1 Å². The average molecular weight is 779 g/mol. The van der Waals surface area contributed by atoms with Crippen molar-refractivity contribution in [3.05, 3.63) is 253 Å². The Morgan fingerprint density at radius 1 is 0.262 bits per heavy atom. The maximum atomic E-state index is 5.16. The summed E-state index contributed by atoms with van der Waals surface area (Å²) in [5.41, 5.74) is 16.5. The number of rotatable bonds is 8. The molecule has 2 aromatic heterocycles. The lowest BCUT2D eigenvalue weighted by atomic mass is 9.67. The largest absolute Gasteiger partial charge is 0.265 e. The molecule has 0 N–H and O–H groups in total. The molecule has 0 fully saturated rings. The fourth-order valence-corrected chi connectivity index (χ4v) is 9.11. The van der Waals surface area contributed by atoms with Gasteiger partial charge in [0.2, 0.25) is 0 Å². The fraction of sp³-hybridized carbons (Fsp3) is 0.0175. The Kier molecular flexibility index (Phi) is 9.02. The van der Waals surface area contributed by atoms with Gasteiger partial charge in [-0.25, -0.2) is 15.0 Å². The van der Waals surface area contributed by atoms with Gasteiger partial charge in [0.25, 0.3) is 0 Å². The summed E-state index contributed by atoms with van der Waals surface area (Å²) in [5, 5.41) is 0. The minimum atomic E-state index is -0.497. The lowest BCUT2D eigenvalue weighted by Gasteiger charge is -2.34. The molecule has 0 saturated heterocycles. The van der Waals surface area contributed by atoms with Crippen LogP contribution in [-0.2, 0) is 5.41 Å². The highest BCUT2D eigenvalue weighted by Gasteiger charge is 2.46. The van der Waals surface area contributed by atoms with Crippen LogP contribution in [0.25, 0.3) is 78.7 Å². The van der Waals surface area contributed by atoms with Crippen molar-refractivity contribution >= 4 is 0 Å². The van der Waals surface area contributed by atoms with Gasteiger partial charge in [-0.15, -0.1) is 0 Å². The predicted octanol–water partition coefficient (Wildman–Crippen LogP) is 13.6. The summed E-state index contributed by atoms with van der Waals surface area (Å²) < 4.78 is 0. The first-order valence-electron chi connectivity index (χ1n) is 20.6. The highest BCUT2D eigenvalue weighted by molar-refractivity contribution is 5.92. The van der Waals surface area contributed by atoms with Crippen molar-refractivity contribution in [3.63, 3.8) is 0 Å². The zero-order chi connectivity index (χ0) is 40.6. The van der Waals surface area contributed by atoms with Crippen molar-refractivity contribution in [2.24, 2.45) is 0 Å². The first-order valence-corrected chi connectivity index (χ1v) is 20.6. The van der Waals surface area contributed by atoms with E-state index in [0.29, 0.717) is 17.5 Å². The Morgan fingerprint density at radius 2 is 0.705 bits per heavy atom. The van der Waals surface area contributed by atoms with E-state index in [1.54, 1.807) is 0 Å². The van der Waals surface area contributed by atoms with Gasteiger partial charge in [-0.1, -0.05) is 194 Å². The Labute approximate surface area is 355 Å². The molecule has 0 atom stereocenters. The van der Waals surface area contributed by atoms with Crippen LogP contribution in [0.3, 0.4) is 0 Å². The van der Waals surface area contributed by atoms with Crippen molar-refractivity contribution in [2.75, 3.05) is 0 Å². The molecule has 1 aliphatic carbocycles. The summed E-state index contributed by atoms with van der Waals surface area (Å²) >= 11 is 0. The normalized spacial score (nSPS) is 12.4. The van der Waals surface area contributed by atoms with Crippen LogP contribution in [-0.4, -0.2) is 19.9 Å². The van der Waals surface area contributed by atoms with Gasteiger partial charge in [0.1, 0.15) is 0 Å². The zero-order valence-corrected chi connectivity index (χ0v) is 33.2. The molecule has 4 heteroatoms. The van der Waals surface area contributed by atoms with E-state index in [4.69, 9.17) is 15.0 Å². The van der Waals surface area contributed by atoms with Crippen LogP contribution in [0.5, 0.6) is 0 Å². The number of benzene rings is 8. The van der Waals surface area contributed by atoms with Gasteiger partial charge in [0.05, 0.1) is 5.41 Å². The average Bonchev–Trinajstić information content (AvgIpc) is 3.65. The van der Waals surface area contributed by atoms with Crippen LogP contribution in [0.4, 0.5) is 0 Å². The number of hydrogen-bond donors (Lipinski definition) is 0. The van der Waals surface area contributed by atoms with E-state index >= 15 is 0 Å². The molecule has 0 amide bonds. The highest BCUT2D eigenvalue weighted by Crippen LogP contribution is 2.57. The van der Waals surface area contributed by atoms with Gasteiger partial charge in [-0.3, -0.25) is 4.98 Å². The van der Waals surface area contributed by atoms with Crippen molar-refractivity contribution in [3.8, 4) is 78.7 Å². The van der Waals surface area contributed by atoms with Crippen LogP contribution in [0.1, 0.15) is 22.3 Å². The highest BCUT2D eigenvalue weighted by atomic mass is 15.0. The third-order valence-electron chi connectivity index (χ3n) is 12.0. The van der Waals surface area contributed by atoms with Crippen molar-refractivity contribution in [1.82, 2.24) is 19.9 Å². The second-order valence-corrected chi connectivity index (χ2v) is 15.4. The number of nitrogens with zero attached hydrogens (tertiary/aromatic N) is 4. The Bertz CT molecular complexity index is 3110. The summed E-state index contributed by atoms with van der Waals surface area (Å²) in [6.45, 7) is 0. The lowest BCUT2D eigenvalue weighted by Crippen LogP contribution is -2.28. The molecule has 0 aliphatic heterocycles. The Balaban J connectivity index is 1.09. The summed E-state index contributed by atoms with van der Waals surface area (Å²) in [6.07, 6.45) is 3.63. The first kappa shape index (κ1) is 36.0. The molecule has 0 saturated carbocycles. The Morgan fingerprint density at radius 3 is 1.34 bits per heavy atom. The van der Waals surface area contributed by atoms with Crippen LogP contribution in [0.15, 0.2) is 231 Å². The van der Waals surface area contributed by atoms with Crippen LogP contribution >= 0.6 is 0 Å². The standard InChI is InChI=1S/C57H38N4/c1-5-15-41(16-6-1)51-37-45(56-60-54(42-17-7-2-8-18-42)59-55(61-56)43-27-25-39(26-28-43)40-33-35-58-36-34-40)30-31-48(51)44-29-32-50-49-23-13-14-24-52(49)57(53(50)38-44,46-19-9-3-10-20-46)47-21-11-4-12-22-47/h1-38H. The molecule has 0 radical (unpaired) electrons. The lowest BCUT2D eigenvalue weighted by molar-refractivity contribution is 0.769. The number of fused-ring (bicyclic) bond motifs is 3. The smallest absolute Gasteiger partial charge is 0.164 e. The summed E-state index contributed by atoms with van der Waals surface area (Å²) in [6, 6.07) is 77.7. The van der Waals surface area contributed by atoms with E-state index in [-0.39, 0.29) is 0 Å². The number of pyridine rings is 1. The number of hydrogen-bond acceptors (Lipinski definition) is 4. The van der Waals surface area contributed by atoms with Gasteiger partial charge in [0.15, 0.2) is 17.5 Å². The number of aromatic nitrogens is 4. The molecule has 4 nitrogen and oxygen atoms in total. The van der Waals surface area contributed by atoms with E-state index in [2.05, 4.69) is 181 Å². The first-order chi connectivity index (χ1) is 30.2. The minimum Gasteiger partial charge on any atom is -0.265 e. The van der Waals surface area contributed by atoms with Crippen LogP contribution < -0.4 is 0 Å². The molecule has 61 heavy (non-hydrogen) atoms. The topological polar surface area (TPSA) is 51.6 Å². The van der Waals surface area contributed by atoms with Crippen LogP contribution in [0.2, 0.25) is 0 Å². The maximum absolute atomic E-state index is 5.16. The molecule has 0 bridgehead atoms. The molecule has 11 rings (SSSR count). The van der Waals surface area contributed by atoms with Crippen LogP contribution in [0, 0.1) is 0 Å². The van der Waals surface area contributed by atoms with Gasteiger partial charge >= 0.3 is 0 Å². The van der Waals surface area contributed by atoms with E-state index < -0.39 is 5.41 Å². The Hall–Kier alpha value is -8.08. The predicted molar refractivity (Wildman–Crippen MR) is 248 cm³/mol. The fourth-order valence-electron chi connectivity index (χ4n) is 9.11. The molecule has 286 valence electrons. The monoisotopic (exact) mass is 778 g/mol. The van der Waals surface area contributed by atoms with E-state index in [9.17, 15) is 0 Å². The molecular weight excluding hydrogens is 741 g/mol. The van der Waals surface area contributed by atoms with Crippen molar-refractivity contribution in [1.29, 1.82) is 0 Å². The summed E-state index contributed by atoms with van der Waals surface area (Å²) in [7, 11) is 0. The molecule has 10 aromatic rings. The molecule has 0 unspecified atom stereocenters. The van der Waals surface area contributed by atoms with Crippen molar-refractivity contribution < 1.29 is 0 Å². The molecular formula is C57H38N4. The van der Waals surface area contributed by atoms with E-state index in [0.717, 1.165) is 50.1 Å². The van der Waals surface area contributed by atoms with E-state index in [1.165, 1.54) is 33.4 Å². The third kappa shape index (κ3) is 6.33. The molecule has 2 heterocycles. The molecule has 8 aromatic carbocycles. The quantitative estimate of drug-likeness (QED) is 0.154. The van der Waals surface area contributed by atoms with Gasteiger partial charge < -0.3 is 0 Å². The summed E-state index contributed by atoms with van der Waals surface area (Å²) in [5.74, 6) is 1.86. The molecule has 0 spiro atoms. The third-order valence-corrected chi connectivity index (χ3v) is 12.0. The molecule has 1 aliphatic rings. The van der Waals surface area contributed by atoms with Gasteiger partial charge in [-0.05, 0) is 91.0 Å². The van der Waals surface area contributed by atoms with E-state index in [1.807, 2.05) is 54.9 Å². The minimum absolute atomic E-state index is 0.497. The van der Waals surface area contributed by atoms with Gasteiger partial charge in [-0.2, -0.15) is 0 Å². The second-order valence-electron chi connectivity index (χ2n) is 15.4. The summed E-state index contributed by atoms with van der Waals surface area (Å²) in [4.78, 5) is 19.5. The second kappa shape index (κ2) is 15.3.